The first-order valence-corrected chi connectivity index (χ1v) is 8.78. The van der Waals surface area contributed by atoms with Crippen LogP contribution in [0.1, 0.15) is 25.7 Å². The molecule has 1 aliphatic rings. The van der Waals surface area contributed by atoms with Crippen molar-refractivity contribution in [2.24, 2.45) is 0 Å². The minimum Gasteiger partial charge on any atom is -0.494 e. The second-order valence-electron chi connectivity index (χ2n) is 6.58. The maximum absolute atomic E-state index is 14.5. The summed E-state index contributed by atoms with van der Waals surface area (Å²) in [5.74, 6) is -1.87. The van der Waals surface area contributed by atoms with Crippen molar-refractivity contribution in [2.75, 3.05) is 7.11 Å². The molecule has 3 aromatic rings. The number of ether oxygens (including phenoxy) is 2. The Morgan fingerprint density at radius 2 is 1.85 bits per heavy atom. The normalized spacial score (nSPS) is 20.0. The SMILES string of the molecule is COc1ccc(-c2cnc3ccc(OC4CCC(O)CC4)nn23)c(F)c1F. The van der Waals surface area contributed by atoms with E-state index in [2.05, 4.69) is 10.1 Å². The molecule has 27 heavy (non-hydrogen) atoms. The number of rotatable bonds is 4. The predicted octanol–water partition coefficient (Wildman–Crippen LogP) is 3.37. The molecule has 8 heteroatoms. The highest BCUT2D eigenvalue weighted by molar-refractivity contribution is 5.65. The van der Waals surface area contributed by atoms with Gasteiger partial charge in [-0.15, -0.1) is 5.10 Å². The lowest BCUT2D eigenvalue weighted by molar-refractivity contribution is 0.0637. The quantitative estimate of drug-likeness (QED) is 0.757. The van der Waals surface area contributed by atoms with Gasteiger partial charge in [-0.25, -0.2) is 13.9 Å². The summed E-state index contributed by atoms with van der Waals surface area (Å²) in [7, 11) is 1.28. The molecule has 0 amide bonds. The average molecular weight is 375 g/mol. The van der Waals surface area contributed by atoms with Gasteiger partial charge in [0.25, 0.3) is 0 Å². The number of hydrogen-bond acceptors (Lipinski definition) is 5. The van der Waals surface area contributed by atoms with Crippen LogP contribution in [0.4, 0.5) is 8.78 Å². The van der Waals surface area contributed by atoms with Crippen molar-refractivity contribution in [3.8, 4) is 22.9 Å². The molecule has 0 saturated heterocycles. The fourth-order valence-electron chi connectivity index (χ4n) is 3.32. The Morgan fingerprint density at radius 1 is 1.07 bits per heavy atom. The number of methoxy groups -OCH3 is 1. The zero-order valence-corrected chi connectivity index (χ0v) is 14.7. The highest BCUT2D eigenvalue weighted by Gasteiger charge is 2.22. The minimum absolute atomic E-state index is 0.0273. The van der Waals surface area contributed by atoms with Gasteiger partial charge in [0.05, 0.1) is 25.1 Å². The lowest BCUT2D eigenvalue weighted by Gasteiger charge is -2.25. The first-order valence-electron chi connectivity index (χ1n) is 8.78. The van der Waals surface area contributed by atoms with Crippen LogP contribution < -0.4 is 9.47 Å². The standard InChI is InChI=1S/C19H19F2N3O3/c1-26-15-7-6-13(18(20)19(15)21)14-10-22-16-8-9-17(23-24(14)16)27-12-4-2-11(25)3-5-12/h6-12,25H,2-5H2,1H3. The van der Waals surface area contributed by atoms with Crippen molar-refractivity contribution in [1.82, 2.24) is 14.6 Å². The van der Waals surface area contributed by atoms with Gasteiger partial charge >= 0.3 is 0 Å². The number of nitrogens with zero attached hydrogens (tertiary/aromatic N) is 3. The average Bonchev–Trinajstić information content (AvgIpc) is 3.09. The van der Waals surface area contributed by atoms with Gasteiger partial charge in [-0.3, -0.25) is 0 Å². The third kappa shape index (κ3) is 3.32. The van der Waals surface area contributed by atoms with E-state index >= 15 is 0 Å². The summed E-state index contributed by atoms with van der Waals surface area (Å²) in [6.07, 6.45) is 4.02. The Balaban J connectivity index is 1.68. The molecule has 0 aliphatic heterocycles. The highest BCUT2D eigenvalue weighted by atomic mass is 19.2. The number of aliphatic hydroxyl groups excluding tert-OH is 1. The van der Waals surface area contributed by atoms with Crippen LogP contribution in [0.2, 0.25) is 0 Å². The maximum atomic E-state index is 14.5. The molecule has 0 bridgehead atoms. The number of aliphatic hydroxyl groups is 1. The number of aromatic nitrogens is 3. The molecule has 1 aromatic carbocycles. The van der Waals surface area contributed by atoms with E-state index in [1.807, 2.05) is 0 Å². The molecule has 0 spiro atoms. The Hall–Kier alpha value is -2.74. The molecular weight excluding hydrogens is 356 g/mol. The monoisotopic (exact) mass is 375 g/mol. The molecule has 2 aromatic heterocycles. The molecule has 0 radical (unpaired) electrons. The Bertz CT molecular complexity index is 968. The van der Waals surface area contributed by atoms with Crippen molar-refractivity contribution in [3.05, 3.63) is 42.1 Å². The summed E-state index contributed by atoms with van der Waals surface area (Å²) in [5.41, 5.74) is 0.840. The number of fused-ring (bicyclic) bond motifs is 1. The van der Waals surface area contributed by atoms with Gasteiger partial charge < -0.3 is 14.6 Å². The molecule has 0 atom stereocenters. The van der Waals surface area contributed by atoms with Gasteiger partial charge in [-0.05, 0) is 43.9 Å². The lowest BCUT2D eigenvalue weighted by Crippen LogP contribution is -2.26. The van der Waals surface area contributed by atoms with Gasteiger partial charge in [-0.2, -0.15) is 4.39 Å². The van der Waals surface area contributed by atoms with Crippen LogP contribution in [-0.2, 0) is 0 Å². The van der Waals surface area contributed by atoms with Crippen molar-refractivity contribution in [3.63, 3.8) is 0 Å². The lowest BCUT2D eigenvalue weighted by atomic mass is 9.95. The van der Waals surface area contributed by atoms with Crippen molar-refractivity contribution >= 4 is 5.65 Å². The van der Waals surface area contributed by atoms with Crippen LogP contribution in [0.25, 0.3) is 16.9 Å². The number of benzene rings is 1. The van der Waals surface area contributed by atoms with Gasteiger partial charge in [0.2, 0.25) is 11.7 Å². The Labute approximate surface area is 154 Å². The highest BCUT2D eigenvalue weighted by Crippen LogP contribution is 2.30. The zero-order valence-electron chi connectivity index (χ0n) is 14.7. The van der Waals surface area contributed by atoms with E-state index in [1.165, 1.54) is 30.0 Å². The molecule has 0 unspecified atom stereocenters. The van der Waals surface area contributed by atoms with E-state index in [0.717, 1.165) is 12.8 Å². The summed E-state index contributed by atoms with van der Waals surface area (Å²) >= 11 is 0. The van der Waals surface area contributed by atoms with Crippen LogP contribution >= 0.6 is 0 Å². The van der Waals surface area contributed by atoms with E-state index in [9.17, 15) is 13.9 Å². The van der Waals surface area contributed by atoms with Gasteiger partial charge in [0.1, 0.15) is 6.10 Å². The van der Waals surface area contributed by atoms with E-state index < -0.39 is 11.6 Å². The van der Waals surface area contributed by atoms with E-state index in [0.29, 0.717) is 30.1 Å². The summed E-state index contributed by atoms with van der Waals surface area (Å²) < 4.78 is 40.7. The summed E-state index contributed by atoms with van der Waals surface area (Å²) in [6, 6.07) is 6.20. The second-order valence-corrected chi connectivity index (χ2v) is 6.58. The maximum Gasteiger partial charge on any atom is 0.232 e. The van der Waals surface area contributed by atoms with Crippen LogP contribution in [-0.4, -0.2) is 39.0 Å². The Kier molecular flexibility index (Phi) is 4.65. The molecule has 1 N–H and O–H groups in total. The molecule has 6 nitrogen and oxygen atoms in total. The van der Waals surface area contributed by atoms with E-state index in [4.69, 9.17) is 9.47 Å². The zero-order chi connectivity index (χ0) is 19.0. The first kappa shape index (κ1) is 17.7. The van der Waals surface area contributed by atoms with Gasteiger partial charge in [0.15, 0.2) is 17.2 Å². The molecule has 1 saturated carbocycles. The van der Waals surface area contributed by atoms with Crippen molar-refractivity contribution in [1.29, 1.82) is 0 Å². The van der Waals surface area contributed by atoms with Gasteiger partial charge in [0, 0.05) is 11.6 Å². The molecule has 1 fully saturated rings. The van der Waals surface area contributed by atoms with E-state index in [-0.39, 0.29) is 23.5 Å². The minimum atomic E-state index is -1.06. The summed E-state index contributed by atoms with van der Waals surface area (Å²) in [4.78, 5) is 4.20. The van der Waals surface area contributed by atoms with Gasteiger partial charge in [-0.1, -0.05) is 0 Å². The third-order valence-corrected chi connectivity index (χ3v) is 4.81. The van der Waals surface area contributed by atoms with Crippen LogP contribution in [0.5, 0.6) is 11.6 Å². The van der Waals surface area contributed by atoms with Crippen LogP contribution in [0.15, 0.2) is 30.5 Å². The predicted molar refractivity (Wildman–Crippen MR) is 93.8 cm³/mol. The van der Waals surface area contributed by atoms with Crippen molar-refractivity contribution in [2.45, 2.75) is 37.9 Å². The molecule has 1 aliphatic carbocycles. The second kappa shape index (κ2) is 7.11. The molecule has 4 rings (SSSR count). The summed E-state index contributed by atoms with van der Waals surface area (Å²) in [5, 5.41) is 14.0. The van der Waals surface area contributed by atoms with Crippen LogP contribution in [0.3, 0.4) is 0 Å². The smallest absolute Gasteiger partial charge is 0.232 e. The fraction of sp³-hybridized carbons (Fsp3) is 0.368. The topological polar surface area (TPSA) is 68.9 Å². The summed E-state index contributed by atoms with van der Waals surface area (Å²) in [6.45, 7) is 0. The largest absolute Gasteiger partial charge is 0.494 e. The first-order chi connectivity index (χ1) is 13.1. The fourth-order valence-corrected chi connectivity index (χ4v) is 3.32. The molecular formula is C19H19F2N3O3. The third-order valence-electron chi connectivity index (χ3n) is 4.81. The molecule has 142 valence electrons. The number of halogens is 2. The Morgan fingerprint density at radius 3 is 2.59 bits per heavy atom. The van der Waals surface area contributed by atoms with Crippen molar-refractivity contribution < 1.29 is 23.4 Å². The number of hydrogen-bond donors (Lipinski definition) is 1. The van der Waals surface area contributed by atoms with Crippen LogP contribution in [0, 0.1) is 11.6 Å². The number of imidazole rings is 1. The van der Waals surface area contributed by atoms with E-state index in [1.54, 1.807) is 12.1 Å². The molecule has 2 heterocycles.